The minimum Gasteiger partial charge on any atom is -0.481 e. The number of carboxylic acid groups (broad SMARTS) is 1. The third kappa shape index (κ3) is 4.94. The first kappa shape index (κ1) is 14.8. The van der Waals surface area contributed by atoms with E-state index in [1.807, 2.05) is 0 Å². The van der Waals surface area contributed by atoms with E-state index in [4.69, 9.17) is 5.11 Å². The number of nitrogens with zero attached hydrogens (tertiary/aromatic N) is 1. The molecule has 1 heterocycles. The molecule has 104 valence electrons. The summed E-state index contributed by atoms with van der Waals surface area (Å²) in [6, 6.07) is -0.0666. The number of carboxylic acids is 1. The van der Waals surface area contributed by atoms with Gasteiger partial charge in [-0.1, -0.05) is 20.8 Å². The highest BCUT2D eigenvalue weighted by Crippen LogP contribution is 2.18. The quantitative estimate of drug-likeness (QED) is 0.810. The van der Waals surface area contributed by atoms with Crippen molar-refractivity contribution in [3.63, 3.8) is 0 Å². The predicted octanol–water partition coefficient (Wildman–Crippen LogP) is 1.93. The average molecular weight is 256 g/mol. The lowest BCUT2D eigenvalue weighted by molar-refractivity contribution is -0.143. The predicted molar refractivity (Wildman–Crippen MR) is 69.4 cm³/mol. The van der Waals surface area contributed by atoms with Crippen molar-refractivity contribution in [2.24, 2.45) is 11.3 Å². The van der Waals surface area contributed by atoms with E-state index in [2.05, 4.69) is 26.1 Å². The van der Waals surface area contributed by atoms with Gasteiger partial charge in [-0.25, -0.2) is 4.79 Å². The molecule has 0 atom stereocenters. The number of hydrogen-bond donors (Lipinski definition) is 2. The summed E-state index contributed by atoms with van der Waals surface area (Å²) in [6.07, 6.45) is 2.05. The summed E-state index contributed by atoms with van der Waals surface area (Å²) in [7, 11) is 0. The van der Waals surface area contributed by atoms with E-state index in [0.29, 0.717) is 32.5 Å². The largest absolute Gasteiger partial charge is 0.481 e. The Hall–Kier alpha value is -1.26. The topological polar surface area (TPSA) is 69.6 Å². The molecular weight excluding hydrogens is 232 g/mol. The van der Waals surface area contributed by atoms with Crippen molar-refractivity contribution in [3.8, 4) is 0 Å². The summed E-state index contributed by atoms with van der Waals surface area (Å²) < 4.78 is 0. The zero-order chi connectivity index (χ0) is 13.8. The maximum atomic E-state index is 11.8. The first-order chi connectivity index (χ1) is 8.29. The van der Waals surface area contributed by atoms with Crippen LogP contribution in [0.5, 0.6) is 0 Å². The van der Waals surface area contributed by atoms with Crippen LogP contribution in [0.1, 0.15) is 40.0 Å². The molecule has 0 bridgehead atoms. The minimum atomic E-state index is -0.747. The van der Waals surface area contributed by atoms with Gasteiger partial charge < -0.3 is 15.3 Å². The third-order valence-electron chi connectivity index (χ3n) is 3.28. The molecule has 1 aliphatic rings. The molecule has 0 aromatic carbocycles. The Bertz CT molecular complexity index is 302. The number of nitrogens with one attached hydrogen (secondary N) is 1. The number of likely N-dealkylation sites (tertiary alicyclic amines) is 1. The van der Waals surface area contributed by atoms with Crippen LogP contribution in [0.4, 0.5) is 4.79 Å². The maximum absolute atomic E-state index is 11.8. The van der Waals surface area contributed by atoms with E-state index in [-0.39, 0.29) is 17.4 Å². The summed E-state index contributed by atoms with van der Waals surface area (Å²) in [4.78, 5) is 24.3. The second kappa shape index (κ2) is 6.07. The van der Waals surface area contributed by atoms with Crippen LogP contribution in [0.15, 0.2) is 0 Å². The molecule has 1 fully saturated rings. The van der Waals surface area contributed by atoms with Gasteiger partial charge in [-0.2, -0.15) is 0 Å². The van der Waals surface area contributed by atoms with Crippen LogP contribution in [0.25, 0.3) is 0 Å². The summed E-state index contributed by atoms with van der Waals surface area (Å²) in [5.41, 5.74) is 0.212. The summed E-state index contributed by atoms with van der Waals surface area (Å²) in [6.45, 7) is 8.16. The SMILES string of the molecule is CC(C)(C)CCNC(=O)N1CCC(C(=O)O)CC1. The summed E-state index contributed by atoms with van der Waals surface area (Å²) >= 11 is 0. The van der Waals surface area contributed by atoms with E-state index in [0.717, 1.165) is 6.42 Å². The van der Waals surface area contributed by atoms with Crippen molar-refractivity contribution in [2.75, 3.05) is 19.6 Å². The first-order valence-corrected chi connectivity index (χ1v) is 6.55. The molecule has 1 aliphatic heterocycles. The fourth-order valence-electron chi connectivity index (χ4n) is 1.99. The second-order valence-corrected chi connectivity index (χ2v) is 6.14. The van der Waals surface area contributed by atoms with Gasteiger partial charge in [0.1, 0.15) is 0 Å². The number of piperidine rings is 1. The van der Waals surface area contributed by atoms with Crippen molar-refractivity contribution < 1.29 is 14.7 Å². The van der Waals surface area contributed by atoms with Crippen molar-refractivity contribution in [2.45, 2.75) is 40.0 Å². The van der Waals surface area contributed by atoms with E-state index in [1.165, 1.54) is 0 Å². The Labute approximate surface area is 109 Å². The third-order valence-corrected chi connectivity index (χ3v) is 3.28. The van der Waals surface area contributed by atoms with Gasteiger partial charge >= 0.3 is 12.0 Å². The highest BCUT2D eigenvalue weighted by Gasteiger charge is 2.26. The molecule has 0 radical (unpaired) electrons. The zero-order valence-corrected chi connectivity index (χ0v) is 11.5. The van der Waals surface area contributed by atoms with Crippen LogP contribution < -0.4 is 5.32 Å². The molecule has 5 heteroatoms. The monoisotopic (exact) mass is 256 g/mol. The molecule has 2 amide bonds. The zero-order valence-electron chi connectivity index (χ0n) is 11.5. The van der Waals surface area contributed by atoms with Gasteiger partial charge in [0.15, 0.2) is 0 Å². The Kier molecular flexibility index (Phi) is 4.99. The number of rotatable bonds is 3. The normalized spacial score (nSPS) is 17.6. The number of carbonyl (C=O) groups is 2. The highest BCUT2D eigenvalue weighted by atomic mass is 16.4. The van der Waals surface area contributed by atoms with E-state index in [1.54, 1.807) is 4.90 Å². The van der Waals surface area contributed by atoms with Gasteiger partial charge in [0.2, 0.25) is 0 Å². The molecule has 1 rings (SSSR count). The number of hydrogen-bond acceptors (Lipinski definition) is 2. The lowest BCUT2D eigenvalue weighted by Crippen LogP contribution is -2.46. The van der Waals surface area contributed by atoms with Crippen LogP contribution >= 0.6 is 0 Å². The molecule has 1 saturated heterocycles. The maximum Gasteiger partial charge on any atom is 0.317 e. The molecule has 0 aromatic heterocycles. The van der Waals surface area contributed by atoms with Crippen molar-refractivity contribution in [1.82, 2.24) is 10.2 Å². The van der Waals surface area contributed by atoms with E-state index in [9.17, 15) is 9.59 Å². The van der Waals surface area contributed by atoms with Gasteiger partial charge in [0, 0.05) is 19.6 Å². The Morgan fingerprint density at radius 3 is 2.28 bits per heavy atom. The lowest BCUT2D eigenvalue weighted by Gasteiger charge is -2.30. The average Bonchev–Trinajstić information content (AvgIpc) is 2.27. The van der Waals surface area contributed by atoms with Crippen molar-refractivity contribution >= 4 is 12.0 Å². The Balaban J connectivity index is 2.26. The Morgan fingerprint density at radius 1 is 1.28 bits per heavy atom. The van der Waals surface area contributed by atoms with Gasteiger partial charge in [-0.3, -0.25) is 4.79 Å². The molecule has 0 saturated carbocycles. The van der Waals surface area contributed by atoms with Crippen LogP contribution in [0.2, 0.25) is 0 Å². The first-order valence-electron chi connectivity index (χ1n) is 6.55. The standard InChI is InChI=1S/C13H24N2O3/c1-13(2,3)6-7-14-12(18)15-8-4-10(5-9-15)11(16)17/h10H,4-9H2,1-3H3,(H,14,18)(H,16,17). The molecule has 0 spiro atoms. The number of amides is 2. The number of aliphatic carboxylic acids is 1. The fraction of sp³-hybridized carbons (Fsp3) is 0.846. The molecule has 0 aliphatic carbocycles. The van der Waals surface area contributed by atoms with Crippen LogP contribution in [-0.2, 0) is 4.79 Å². The van der Waals surface area contributed by atoms with E-state index < -0.39 is 5.97 Å². The second-order valence-electron chi connectivity index (χ2n) is 6.14. The molecule has 0 aromatic rings. The Morgan fingerprint density at radius 2 is 1.83 bits per heavy atom. The fourth-order valence-corrected chi connectivity index (χ4v) is 1.99. The van der Waals surface area contributed by atoms with Gasteiger partial charge in [-0.15, -0.1) is 0 Å². The summed E-state index contributed by atoms with van der Waals surface area (Å²) in [5, 5.41) is 11.8. The highest BCUT2D eigenvalue weighted by molar-refractivity contribution is 5.75. The van der Waals surface area contributed by atoms with Crippen LogP contribution in [-0.4, -0.2) is 41.6 Å². The summed E-state index contributed by atoms with van der Waals surface area (Å²) in [5.74, 6) is -1.04. The smallest absolute Gasteiger partial charge is 0.317 e. The van der Waals surface area contributed by atoms with Gasteiger partial charge in [-0.05, 0) is 24.7 Å². The molecule has 5 nitrogen and oxygen atoms in total. The molecular formula is C13H24N2O3. The lowest BCUT2D eigenvalue weighted by atomic mass is 9.92. The molecule has 2 N–H and O–H groups in total. The van der Waals surface area contributed by atoms with Crippen molar-refractivity contribution in [3.05, 3.63) is 0 Å². The molecule has 18 heavy (non-hydrogen) atoms. The van der Waals surface area contributed by atoms with Gasteiger partial charge in [0.05, 0.1) is 5.92 Å². The molecule has 0 unspecified atom stereocenters. The van der Waals surface area contributed by atoms with Crippen LogP contribution in [0, 0.1) is 11.3 Å². The number of carbonyl (C=O) groups excluding carboxylic acids is 1. The van der Waals surface area contributed by atoms with E-state index >= 15 is 0 Å². The van der Waals surface area contributed by atoms with Crippen molar-refractivity contribution in [1.29, 1.82) is 0 Å². The minimum absolute atomic E-state index is 0.0666. The van der Waals surface area contributed by atoms with Gasteiger partial charge in [0.25, 0.3) is 0 Å². The van der Waals surface area contributed by atoms with Crippen LogP contribution in [0.3, 0.4) is 0 Å². The number of urea groups is 1.